The molecule has 0 bridgehead atoms. The Morgan fingerprint density at radius 1 is 1.38 bits per heavy atom. The fraction of sp³-hybridized carbons (Fsp3) is 0.167. The van der Waals surface area contributed by atoms with Crippen LogP contribution in [0.2, 0.25) is 0 Å². The molecular formula is C12H10BrNO5S2. The van der Waals surface area contributed by atoms with E-state index in [-0.39, 0.29) is 16.3 Å². The van der Waals surface area contributed by atoms with Gasteiger partial charge in [-0.3, -0.25) is 0 Å². The summed E-state index contributed by atoms with van der Waals surface area (Å²) in [6.07, 6.45) is 2.89. The molecule has 6 nitrogen and oxygen atoms in total. The predicted molar refractivity (Wildman–Crippen MR) is 81.5 cm³/mol. The highest BCUT2D eigenvalue weighted by Gasteiger charge is 2.20. The van der Waals surface area contributed by atoms with Crippen LogP contribution in [0.4, 0.5) is 0 Å². The number of aromatic carboxylic acids is 1. The van der Waals surface area contributed by atoms with Gasteiger partial charge in [0.2, 0.25) is 5.76 Å². The number of carboxylic acids is 1. The van der Waals surface area contributed by atoms with Crippen molar-refractivity contribution in [3.05, 3.63) is 28.4 Å². The summed E-state index contributed by atoms with van der Waals surface area (Å²) in [4.78, 5) is 11.5. The molecule has 0 spiro atoms. The summed E-state index contributed by atoms with van der Waals surface area (Å²) in [5, 5.41) is 12.5. The lowest BCUT2D eigenvalue weighted by atomic mass is 10.1. The quantitative estimate of drug-likeness (QED) is 0.799. The smallest absolute Gasteiger partial charge is 0.374 e. The lowest BCUT2D eigenvalue weighted by Crippen LogP contribution is -2.00. The van der Waals surface area contributed by atoms with E-state index in [1.807, 2.05) is 0 Å². The van der Waals surface area contributed by atoms with Gasteiger partial charge in [-0.05, 0) is 34.3 Å². The fourth-order valence-corrected chi connectivity index (χ4v) is 4.78. The number of aromatic nitrogens is 1. The summed E-state index contributed by atoms with van der Waals surface area (Å²) in [7, 11) is -3.43. The maximum absolute atomic E-state index is 11.9. The molecule has 0 aliphatic heterocycles. The molecule has 2 aromatic rings. The van der Waals surface area contributed by atoms with Crippen molar-refractivity contribution in [1.82, 2.24) is 5.16 Å². The number of sulfone groups is 1. The molecule has 112 valence electrons. The molecule has 0 saturated carbocycles. The second kappa shape index (κ2) is 5.82. The van der Waals surface area contributed by atoms with Gasteiger partial charge in [-0.15, -0.1) is 11.8 Å². The maximum atomic E-state index is 11.9. The van der Waals surface area contributed by atoms with Crippen molar-refractivity contribution in [1.29, 1.82) is 0 Å². The molecule has 1 N–H and O–H groups in total. The molecule has 0 aliphatic rings. The van der Waals surface area contributed by atoms with Gasteiger partial charge in [0.05, 0.1) is 4.90 Å². The summed E-state index contributed by atoms with van der Waals surface area (Å²) in [6.45, 7) is 0. The van der Waals surface area contributed by atoms with Crippen LogP contribution in [0.15, 0.2) is 37.0 Å². The molecule has 0 atom stereocenters. The van der Waals surface area contributed by atoms with Crippen molar-refractivity contribution in [3.63, 3.8) is 0 Å². The Labute approximate surface area is 133 Å². The molecule has 1 heterocycles. The number of nitrogens with zero attached hydrogens (tertiary/aromatic N) is 1. The van der Waals surface area contributed by atoms with Crippen molar-refractivity contribution in [2.45, 2.75) is 9.79 Å². The van der Waals surface area contributed by atoms with Crippen molar-refractivity contribution >= 4 is 43.5 Å². The van der Waals surface area contributed by atoms with Crippen LogP contribution in [0.1, 0.15) is 10.6 Å². The number of rotatable bonds is 4. The lowest BCUT2D eigenvalue weighted by molar-refractivity contribution is 0.0652. The molecule has 9 heteroatoms. The summed E-state index contributed by atoms with van der Waals surface area (Å²) in [6, 6.07) is 4.37. The highest BCUT2D eigenvalue weighted by atomic mass is 79.9. The Morgan fingerprint density at radius 3 is 2.52 bits per heavy atom. The van der Waals surface area contributed by atoms with Crippen molar-refractivity contribution in [2.75, 3.05) is 12.5 Å². The third-order valence-corrected chi connectivity index (χ3v) is 5.62. The van der Waals surface area contributed by atoms with Gasteiger partial charge in [-0.2, -0.15) is 0 Å². The highest BCUT2D eigenvalue weighted by molar-refractivity contribution is 9.10. The largest absolute Gasteiger partial charge is 0.475 e. The van der Waals surface area contributed by atoms with Gasteiger partial charge in [0, 0.05) is 27.3 Å². The first-order valence-corrected chi connectivity index (χ1v) is 9.43. The van der Waals surface area contributed by atoms with Gasteiger partial charge in [0.1, 0.15) is 5.69 Å². The number of carboxylic acid groups (broad SMARTS) is 1. The Balaban J connectivity index is 2.65. The second-order valence-corrected chi connectivity index (χ2v) is 7.80. The van der Waals surface area contributed by atoms with Gasteiger partial charge >= 0.3 is 5.97 Å². The van der Waals surface area contributed by atoms with E-state index in [9.17, 15) is 13.2 Å². The minimum Gasteiger partial charge on any atom is -0.475 e. The van der Waals surface area contributed by atoms with E-state index in [1.54, 1.807) is 12.3 Å². The number of halogens is 1. The third-order valence-electron chi connectivity index (χ3n) is 2.63. The molecular weight excluding hydrogens is 382 g/mol. The first-order chi connectivity index (χ1) is 9.74. The minimum absolute atomic E-state index is 0.152. The molecule has 1 aromatic heterocycles. The van der Waals surface area contributed by atoms with E-state index in [2.05, 4.69) is 25.6 Å². The maximum Gasteiger partial charge on any atom is 0.374 e. The lowest BCUT2D eigenvalue weighted by Gasteiger charge is -2.09. The first kappa shape index (κ1) is 16.1. The molecule has 0 amide bonds. The molecule has 0 saturated heterocycles. The highest BCUT2D eigenvalue weighted by Crippen LogP contribution is 2.36. The third kappa shape index (κ3) is 3.30. The Kier molecular flexibility index (Phi) is 4.45. The summed E-state index contributed by atoms with van der Waals surface area (Å²) in [5.41, 5.74) is 0.710. The van der Waals surface area contributed by atoms with Crippen molar-refractivity contribution < 1.29 is 22.8 Å². The fourth-order valence-electron chi connectivity index (χ4n) is 1.70. The predicted octanol–water partition coefficient (Wildman–Crippen LogP) is 2.93. The average molecular weight is 392 g/mol. The molecule has 0 unspecified atom stereocenters. The van der Waals surface area contributed by atoms with E-state index in [0.717, 1.165) is 6.26 Å². The van der Waals surface area contributed by atoms with Gasteiger partial charge < -0.3 is 9.63 Å². The van der Waals surface area contributed by atoms with E-state index < -0.39 is 15.8 Å². The van der Waals surface area contributed by atoms with Gasteiger partial charge in [-0.25, -0.2) is 13.2 Å². The van der Waals surface area contributed by atoms with E-state index in [4.69, 9.17) is 5.11 Å². The number of carbonyl (C=O) groups is 1. The average Bonchev–Trinajstić information content (AvgIpc) is 2.86. The second-order valence-electron chi connectivity index (χ2n) is 4.14. The molecule has 2 rings (SSSR count). The summed E-state index contributed by atoms with van der Waals surface area (Å²) >= 11 is 4.62. The Hall–Kier alpha value is -1.32. The molecule has 0 radical (unpaired) electrons. The van der Waals surface area contributed by atoms with Crippen LogP contribution in [-0.4, -0.2) is 37.2 Å². The minimum atomic E-state index is -3.43. The van der Waals surface area contributed by atoms with E-state index in [0.29, 0.717) is 14.9 Å². The normalized spacial score (nSPS) is 11.6. The van der Waals surface area contributed by atoms with Gasteiger partial charge in [0.15, 0.2) is 9.84 Å². The summed E-state index contributed by atoms with van der Waals surface area (Å²) < 4.78 is 29.1. The first-order valence-electron chi connectivity index (χ1n) is 5.52. The number of hydrogen-bond acceptors (Lipinski definition) is 6. The summed E-state index contributed by atoms with van der Waals surface area (Å²) in [5.74, 6) is -1.55. The van der Waals surface area contributed by atoms with E-state index >= 15 is 0 Å². The van der Waals surface area contributed by atoms with Crippen LogP contribution >= 0.6 is 27.7 Å². The monoisotopic (exact) mass is 391 g/mol. The molecule has 21 heavy (non-hydrogen) atoms. The van der Waals surface area contributed by atoms with Crippen LogP contribution in [0.3, 0.4) is 0 Å². The van der Waals surface area contributed by atoms with E-state index in [1.165, 1.54) is 23.9 Å². The van der Waals surface area contributed by atoms with Gasteiger partial charge in [0.25, 0.3) is 0 Å². The standard InChI is InChI=1S/C12H10BrNO5S2/c1-20-11-7(13)3-6(4-10(11)21(2,17)18)8-5-9(12(15)16)19-14-8/h3-5H,1-2H3,(H,15,16). The molecule has 1 aromatic carbocycles. The van der Waals surface area contributed by atoms with Gasteiger partial charge in [-0.1, -0.05) is 5.16 Å². The Morgan fingerprint density at radius 2 is 2.05 bits per heavy atom. The van der Waals surface area contributed by atoms with Crippen LogP contribution < -0.4 is 0 Å². The van der Waals surface area contributed by atoms with Crippen molar-refractivity contribution in [3.8, 4) is 11.3 Å². The zero-order chi connectivity index (χ0) is 15.8. The molecule has 0 aliphatic carbocycles. The topological polar surface area (TPSA) is 97.5 Å². The van der Waals surface area contributed by atoms with Crippen LogP contribution in [0.25, 0.3) is 11.3 Å². The zero-order valence-electron chi connectivity index (χ0n) is 11.0. The Bertz CT molecular complexity index is 813. The van der Waals surface area contributed by atoms with Crippen LogP contribution in [0.5, 0.6) is 0 Å². The van der Waals surface area contributed by atoms with Crippen molar-refractivity contribution in [2.24, 2.45) is 0 Å². The number of thioether (sulfide) groups is 1. The zero-order valence-corrected chi connectivity index (χ0v) is 14.2. The number of hydrogen-bond donors (Lipinski definition) is 1. The van der Waals surface area contributed by atoms with Crippen LogP contribution in [0, 0.1) is 0 Å². The molecule has 0 fully saturated rings. The number of benzene rings is 1. The SMILES string of the molecule is CSc1c(Br)cc(-c2cc(C(=O)O)on2)cc1S(C)(=O)=O. The van der Waals surface area contributed by atoms with Crippen LogP contribution in [-0.2, 0) is 9.84 Å².